The maximum Gasteiger partial charge on any atom is 0.271 e. The van der Waals surface area contributed by atoms with Gasteiger partial charge in [-0.25, -0.2) is 5.10 Å². The summed E-state index contributed by atoms with van der Waals surface area (Å²) < 4.78 is 0. The number of aromatic amines is 1. The van der Waals surface area contributed by atoms with Crippen molar-refractivity contribution < 1.29 is 4.79 Å². The SMILES string of the molecule is O=C(NC1CCCCNC1)c1ccc(=O)[nH]n1. The molecule has 0 bridgehead atoms. The highest BCUT2D eigenvalue weighted by Gasteiger charge is 2.16. The maximum atomic E-state index is 11.8. The minimum absolute atomic E-state index is 0.138. The Hall–Kier alpha value is -1.69. The molecule has 1 saturated heterocycles. The van der Waals surface area contributed by atoms with E-state index in [-0.39, 0.29) is 23.2 Å². The topological polar surface area (TPSA) is 86.9 Å². The van der Waals surface area contributed by atoms with Crippen LogP contribution in [-0.4, -0.2) is 35.2 Å². The predicted octanol–water partition coefficient (Wildman–Crippen LogP) is -0.358. The van der Waals surface area contributed by atoms with Gasteiger partial charge in [-0.3, -0.25) is 9.59 Å². The van der Waals surface area contributed by atoms with E-state index in [1.165, 1.54) is 12.1 Å². The second-order valence-electron chi connectivity index (χ2n) is 4.18. The molecule has 17 heavy (non-hydrogen) atoms. The first kappa shape index (κ1) is 11.8. The van der Waals surface area contributed by atoms with Crippen LogP contribution in [0.15, 0.2) is 16.9 Å². The summed E-state index contributed by atoms with van der Waals surface area (Å²) in [6, 6.07) is 2.87. The fraction of sp³-hybridized carbons (Fsp3) is 0.545. The number of carbonyl (C=O) groups is 1. The standard InChI is InChI=1S/C11H16N4O2/c16-10-5-4-9(14-15-10)11(17)13-8-3-1-2-6-12-7-8/h4-5,8,12H,1-3,6-7H2,(H,13,17)(H,15,16). The van der Waals surface area contributed by atoms with Gasteiger partial charge in [0.2, 0.25) is 0 Å². The third-order valence-electron chi connectivity index (χ3n) is 2.79. The highest BCUT2D eigenvalue weighted by atomic mass is 16.2. The lowest BCUT2D eigenvalue weighted by atomic mass is 10.1. The zero-order valence-electron chi connectivity index (χ0n) is 9.53. The lowest BCUT2D eigenvalue weighted by Gasteiger charge is -2.15. The highest BCUT2D eigenvalue weighted by molar-refractivity contribution is 5.92. The number of carbonyl (C=O) groups excluding carboxylic acids is 1. The van der Waals surface area contributed by atoms with Crippen LogP contribution in [0.5, 0.6) is 0 Å². The molecule has 1 unspecified atom stereocenters. The quantitative estimate of drug-likeness (QED) is 0.654. The van der Waals surface area contributed by atoms with Crippen molar-refractivity contribution in [2.75, 3.05) is 13.1 Å². The third-order valence-corrected chi connectivity index (χ3v) is 2.79. The van der Waals surface area contributed by atoms with Gasteiger partial charge in [0.25, 0.3) is 11.5 Å². The Morgan fingerprint density at radius 2 is 2.29 bits per heavy atom. The molecule has 6 nitrogen and oxygen atoms in total. The average molecular weight is 236 g/mol. The van der Waals surface area contributed by atoms with Crippen LogP contribution in [0.25, 0.3) is 0 Å². The van der Waals surface area contributed by atoms with Crippen molar-refractivity contribution in [3.05, 3.63) is 28.2 Å². The monoisotopic (exact) mass is 236 g/mol. The van der Waals surface area contributed by atoms with Gasteiger partial charge in [0, 0.05) is 18.7 Å². The number of amides is 1. The van der Waals surface area contributed by atoms with Crippen LogP contribution in [0.1, 0.15) is 29.8 Å². The second kappa shape index (κ2) is 5.58. The zero-order chi connectivity index (χ0) is 12.1. The van der Waals surface area contributed by atoms with Gasteiger partial charge in [-0.05, 0) is 25.5 Å². The number of aromatic nitrogens is 2. The van der Waals surface area contributed by atoms with E-state index >= 15 is 0 Å². The molecule has 0 spiro atoms. The van der Waals surface area contributed by atoms with Gasteiger partial charge in [0.15, 0.2) is 0 Å². The lowest BCUT2D eigenvalue weighted by molar-refractivity contribution is 0.0929. The molecule has 1 aliphatic rings. The van der Waals surface area contributed by atoms with Crippen molar-refractivity contribution in [3.8, 4) is 0 Å². The molecular weight excluding hydrogens is 220 g/mol. The van der Waals surface area contributed by atoms with Gasteiger partial charge in [-0.2, -0.15) is 5.10 Å². The van der Waals surface area contributed by atoms with Crippen molar-refractivity contribution in [1.82, 2.24) is 20.8 Å². The molecule has 92 valence electrons. The molecule has 0 aromatic carbocycles. The van der Waals surface area contributed by atoms with Crippen LogP contribution in [0.3, 0.4) is 0 Å². The largest absolute Gasteiger partial charge is 0.347 e. The molecule has 1 amide bonds. The summed E-state index contributed by atoms with van der Waals surface area (Å²) in [7, 11) is 0. The van der Waals surface area contributed by atoms with Crippen molar-refractivity contribution in [2.24, 2.45) is 0 Å². The molecule has 2 heterocycles. The van der Waals surface area contributed by atoms with E-state index in [4.69, 9.17) is 0 Å². The van der Waals surface area contributed by atoms with Crippen LogP contribution < -0.4 is 16.2 Å². The number of H-pyrrole nitrogens is 1. The van der Waals surface area contributed by atoms with Crippen LogP contribution in [0.4, 0.5) is 0 Å². The molecule has 1 aromatic rings. The van der Waals surface area contributed by atoms with Crippen LogP contribution in [-0.2, 0) is 0 Å². The maximum absolute atomic E-state index is 11.8. The van der Waals surface area contributed by atoms with Crippen LogP contribution in [0.2, 0.25) is 0 Å². The molecule has 1 atom stereocenters. The van der Waals surface area contributed by atoms with E-state index in [0.29, 0.717) is 0 Å². The summed E-state index contributed by atoms with van der Waals surface area (Å²) in [6.07, 6.45) is 3.22. The molecule has 6 heteroatoms. The predicted molar refractivity (Wildman–Crippen MR) is 62.8 cm³/mol. The average Bonchev–Trinajstić information content (AvgIpc) is 2.58. The van der Waals surface area contributed by atoms with Crippen LogP contribution >= 0.6 is 0 Å². The minimum atomic E-state index is -0.308. The number of hydrogen-bond donors (Lipinski definition) is 3. The van der Waals surface area contributed by atoms with Gasteiger partial charge in [0.1, 0.15) is 5.69 Å². The number of hydrogen-bond acceptors (Lipinski definition) is 4. The molecule has 1 fully saturated rings. The first-order valence-electron chi connectivity index (χ1n) is 5.83. The summed E-state index contributed by atoms with van der Waals surface area (Å²) in [6.45, 7) is 1.79. The Labute approximate surface area is 98.8 Å². The summed E-state index contributed by atoms with van der Waals surface area (Å²) in [4.78, 5) is 22.6. The fourth-order valence-corrected chi connectivity index (χ4v) is 1.87. The molecule has 0 saturated carbocycles. The first-order chi connectivity index (χ1) is 8.25. The van der Waals surface area contributed by atoms with E-state index in [9.17, 15) is 9.59 Å². The molecular formula is C11H16N4O2. The smallest absolute Gasteiger partial charge is 0.271 e. The van der Waals surface area contributed by atoms with Gasteiger partial charge >= 0.3 is 0 Å². The first-order valence-corrected chi connectivity index (χ1v) is 5.83. The van der Waals surface area contributed by atoms with E-state index in [0.717, 1.165) is 32.4 Å². The normalized spacial score (nSPS) is 20.6. The molecule has 0 radical (unpaired) electrons. The number of nitrogens with zero attached hydrogens (tertiary/aromatic N) is 1. The van der Waals surface area contributed by atoms with Gasteiger partial charge in [0.05, 0.1) is 0 Å². The van der Waals surface area contributed by atoms with E-state index in [1.807, 2.05) is 0 Å². The Morgan fingerprint density at radius 3 is 3.06 bits per heavy atom. The summed E-state index contributed by atoms with van der Waals surface area (Å²) in [5.74, 6) is -0.241. The number of rotatable bonds is 2. The van der Waals surface area contributed by atoms with Gasteiger partial charge in [-0.15, -0.1) is 0 Å². The van der Waals surface area contributed by atoms with Crippen LogP contribution in [0, 0.1) is 0 Å². The summed E-state index contributed by atoms with van der Waals surface area (Å²) >= 11 is 0. The fourth-order valence-electron chi connectivity index (χ4n) is 1.87. The van der Waals surface area contributed by atoms with Crippen molar-refractivity contribution in [1.29, 1.82) is 0 Å². The Kier molecular flexibility index (Phi) is 3.87. The Bertz CT molecular complexity index is 415. The summed E-state index contributed by atoms with van der Waals surface area (Å²) in [5.41, 5.74) is -0.0634. The van der Waals surface area contributed by atoms with Gasteiger partial charge in [-0.1, -0.05) is 6.42 Å². The third kappa shape index (κ3) is 3.39. The van der Waals surface area contributed by atoms with E-state index in [1.54, 1.807) is 0 Å². The van der Waals surface area contributed by atoms with E-state index < -0.39 is 0 Å². The Morgan fingerprint density at radius 1 is 1.41 bits per heavy atom. The zero-order valence-corrected chi connectivity index (χ0v) is 9.53. The molecule has 0 aliphatic carbocycles. The number of nitrogens with one attached hydrogen (secondary N) is 3. The van der Waals surface area contributed by atoms with Crippen molar-refractivity contribution in [2.45, 2.75) is 25.3 Å². The Balaban J connectivity index is 1.95. The molecule has 2 rings (SSSR count). The van der Waals surface area contributed by atoms with Gasteiger partial charge < -0.3 is 10.6 Å². The molecule has 1 aromatic heterocycles. The summed E-state index contributed by atoms with van der Waals surface area (Å²) in [5, 5.41) is 12.1. The second-order valence-corrected chi connectivity index (χ2v) is 4.18. The highest BCUT2D eigenvalue weighted by Crippen LogP contribution is 2.04. The molecule has 3 N–H and O–H groups in total. The lowest BCUT2D eigenvalue weighted by Crippen LogP contribution is -2.41. The minimum Gasteiger partial charge on any atom is -0.347 e. The van der Waals surface area contributed by atoms with Crippen molar-refractivity contribution in [3.63, 3.8) is 0 Å². The van der Waals surface area contributed by atoms with Crippen molar-refractivity contribution >= 4 is 5.91 Å². The van der Waals surface area contributed by atoms with E-state index in [2.05, 4.69) is 20.8 Å². The molecule has 1 aliphatic heterocycles.